The van der Waals surface area contributed by atoms with Crippen molar-refractivity contribution < 1.29 is 5.11 Å². The van der Waals surface area contributed by atoms with Crippen molar-refractivity contribution in [2.45, 2.75) is 65.7 Å². The monoisotopic (exact) mass is 200 g/mol. The van der Waals surface area contributed by atoms with Crippen LogP contribution >= 0.6 is 0 Å². The molecule has 0 aromatic rings. The van der Waals surface area contributed by atoms with Crippen LogP contribution in [0.25, 0.3) is 0 Å². The van der Waals surface area contributed by atoms with E-state index in [1.165, 1.54) is 38.5 Å². The van der Waals surface area contributed by atoms with E-state index in [-0.39, 0.29) is 0 Å². The lowest BCUT2D eigenvalue weighted by molar-refractivity contribution is 0.246. The largest absolute Gasteiger partial charge is 0.396 e. The van der Waals surface area contributed by atoms with Crippen LogP contribution in [0.2, 0.25) is 0 Å². The zero-order valence-electron chi connectivity index (χ0n) is 10.3. The molecule has 0 radical (unpaired) electrons. The Morgan fingerprint density at radius 3 is 2.07 bits per heavy atom. The lowest BCUT2D eigenvalue weighted by Crippen LogP contribution is -2.01. The second-order valence-electron chi connectivity index (χ2n) is 4.82. The standard InChI is InChI=1S/C13H28O/c1-4-13(10-11-14)9-7-5-6-8-12(2)3/h12-14H,4-11H2,1-3H3/t13-/m1/s1. The van der Waals surface area contributed by atoms with Gasteiger partial charge in [-0.15, -0.1) is 0 Å². The fourth-order valence-corrected chi connectivity index (χ4v) is 1.90. The lowest BCUT2D eigenvalue weighted by Gasteiger charge is -2.12. The molecule has 0 aromatic carbocycles. The molecule has 0 fully saturated rings. The SMILES string of the molecule is CC[C@@H](CCO)CCCCCC(C)C. The number of rotatable bonds is 9. The van der Waals surface area contributed by atoms with Gasteiger partial charge in [0.15, 0.2) is 0 Å². The number of aliphatic hydroxyl groups is 1. The van der Waals surface area contributed by atoms with E-state index in [0.29, 0.717) is 6.61 Å². The molecule has 0 rings (SSSR count). The zero-order valence-corrected chi connectivity index (χ0v) is 10.3. The van der Waals surface area contributed by atoms with Crippen LogP contribution in [-0.2, 0) is 0 Å². The highest BCUT2D eigenvalue weighted by molar-refractivity contribution is 4.57. The predicted molar refractivity (Wildman–Crippen MR) is 63.4 cm³/mol. The van der Waals surface area contributed by atoms with Crippen LogP contribution in [0.1, 0.15) is 65.7 Å². The van der Waals surface area contributed by atoms with Gasteiger partial charge in [-0.1, -0.05) is 59.3 Å². The molecule has 0 aliphatic carbocycles. The first-order valence-corrected chi connectivity index (χ1v) is 6.31. The molecule has 1 atom stereocenters. The van der Waals surface area contributed by atoms with Crippen molar-refractivity contribution >= 4 is 0 Å². The van der Waals surface area contributed by atoms with Gasteiger partial charge in [-0.2, -0.15) is 0 Å². The quantitative estimate of drug-likeness (QED) is 0.558. The molecule has 86 valence electrons. The van der Waals surface area contributed by atoms with E-state index in [2.05, 4.69) is 20.8 Å². The van der Waals surface area contributed by atoms with Crippen LogP contribution < -0.4 is 0 Å². The van der Waals surface area contributed by atoms with Gasteiger partial charge in [0.05, 0.1) is 0 Å². The molecule has 1 heteroatoms. The summed E-state index contributed by atoms with van der Waals surface area (Å²) in [6, 6.07) is 0. The summed E-state index contributed by atoms with van der Waals surface area (Å²) in [7, 11) is 0. The minimum atomic E-state index is 0.366. The normalized spacial score (nSPS) is 13.5. The maximum absolute atomic E-state index is 8.84. The fraction of sp³-hybridized carbons (Fsp3) is 1.00. The van der Waals surface area contributed by atoms with Crippen LogP contribution in [0, 0.1) is 11.8 Å². The average Bonchev–Trinajstić information content (AvgIpc) is 2.15. The first-order chi connectivity index (χ1) is 6.70. The molecule has 0 aromatic heterocycles. The van der Waals surface area contributed by atoms with E-state index in [9.17, 15) is 0 Å². The highest BCUT2D eigenvalue weighted by atomic mass is 16.3. The molecule has 0 saturated heterocycles. The summed E-state index contributed by atoms with van der Waals surface area (Å²) in [6.07, 6.45) is 9.02. The van der Waals surface area contributed by atoms with Gasteiger partial charge in [-0.25, -0.2) is 0 Å². The van der Waals surface area contributed by atoms with Crippen molar-refractivity contribution in [3.8, 4) is 0 Å². The van der Waals surface area contributed by atoms with Crippen molar-refractivity contribution in [3.63, 3.8) is 0 Å². The highest BCUT2D eigenvalue weighted by Gasteiger charge is 2.04. The molecule has 0 aliphatic rings. The smallest absolute Gasteiger partial charge is 0.0433 e. The Morgan fingerprint density at radius 2 is 1.57 bits per heavy atom. The van der Waals surface area contributed by atoms with Gasteiger partial charge in [0.25, 0.3) is 0 Å². The summed E-state index contributed by atoms with van der Waals surface area (Å²) < 4.78 is 0. The number of aliphatic hydroxyl groups excluding tert-OH is 1. The van der Waals surface area contributed by atoms with Crippen LogP contribution in [-0.4, -0.2) is 11.7 Å². The Morgan fingerprint density at radius 1 is 0.929 bits per heavy atom. The molecule has 0 aliphatic heterocycles. The lowest BCUT2D eigenvalue weighted by atomic mass is 9.95. The maximum Gasteiger partial charge on any atom is 0.0433 e. The van der Waals surface area contributed by atoms with E-state index in [1.807, 2.05) is 0 Å². The first-order valence-electron chi connectivity index (χ1n) is 6.31. The van der Waals surface area contributed by atoms with Crippen molar-refractivity contribution in [2.75, 3.05) is 6.61 Å². The topological polar surface area (TPSA) is 20.2 Å². The Balaban J connectivity index is 3.24. The Kier molecular flexibility index (Phi) is 9.49. The van der Waals surface area contributed by atoms with E-state index in [1.54, 1.807) is 0 Å². The molecule has 0 heterocycles. The van der Waals surface area contributed by atoms with Crippen molar-refractivity contribution in [1.82, 2.24) is 0 Å². The number of unbranched alkanes of at least 4 members (excludes halogenated alkanes) is 2. The molecule has 0 amide bonds. The van der Waals surface area contributed by atoms with E-state index < -0.39 is 0 Å². The second-order valence-corrected chi connectivity index (χ2v) is 4.82. The van der Waals surface area contributed by atoms with Gasteiger partial charge in [-0.05, 0) is 18.3 Å². The molecular formula is C13H28O. The third-order valence-corrected chi connectivity index (χ3v) is 3.01. The van der Waals surface area contributed by atoms with Gasteiger partial charge in [0, 0.05) is 6.61 Å². The molecule has 0 bridgehead atoms. The average molecular weight is 200 g/mol. The summed E-state index contributed by atoms with van der Waals surface area (Å²) in [5.74, 6) is 1.62. The third kappa shape index (κ3) is 8.55. The minimum absolute atomic E-state index is 0.366. The van der Waals surface area contributed by atoms with Crippen LogP contribution in [0.3, 0.4) is 0 Å². The summed E-state index contributed by atoms with van der Waals surface area (Å²) in [6.45, 7) is 7.18. The molecule has 0 unspecified atom stereocenters. The molecule has 0 saturated carbocycles. The van der Waals surface area contributed by atoms with Gasteiger partial charge in [0.2, 0.25) is 0 Å². The van der Waals surface area contributed by atoms with Gasteiger partial charge < -0.3 is 5.11 Å². The number of hydrogen-bond donors (Lipinski definition) is 1. The summed E-state index contributed by atoms with van der Waals surface area (Å²) in [5, 5.41) is 8.84. The van der Waals surface area contributed by atoms with E-state index in [0.717, 1.165) is 18.3 Å². The van der Waals surface area contributed by atoms with Crippen LogP contribution in [0.4, 0.5) is 0 Å². The van der Waals surface area contributed by atoms with E-state index in [4.69, 9.17) is 5.11 Å². The molecule has 1 N–H and O–H groups in total. The molecule has 1 nitrogen and oxygen atoms in total. The highest BCUT2D eigenvalue weighted by Crippen LogP contribution is 2.18. The van der Waals surface area contributed by atoms with Crippen LogP contribution in [0.5, 0.6) is 0 Å². The van der Waals surface area contributed by atoms with Gasteiger partial charge in [-0.3, -0.25) is 0 Å². The third-order valence-electron chi connectivity index (χ3n) is 3.01. The molecular weight excluding hydrogens is 172 g/mol. The van der Waals surface area contributed by atoms with Crippen molar-refractivity contribution in [3.05, 3.63) is 0 Å². The van der Waals surface area contributed by atoms with Gasteiger partial charge >= 0.3 is 0 Å². The number of hydrogen-bond acceptors (Lipinski definition) is 1. The van der Waals surface area contributed by atoms with Crippen molar-refractivity contribution in [1.29, 1.82) is 0 Å². The maximum atomic E-state index is 8.84. The minimum Gasteiger partial charge on any atom is -0.396 e. The molecule has 14 heavy (non-hydrogen) atoms. The second kappa shape index (κ2) is 9.51. The predicted octanol–water partition coefficient (Wildman–Crippen LogP) is 4.00. The van der Waals surface area contributed by atoms with Crippen LogP contribution in [0.15, 0.2) is 0 Å². The van der Waals surface area contributed by atoms with Gasteiger partial charge in [0.1, 0.15) is 0 Å². The molecule has 0 spiro atoms. The van der Waals surface area contributed by atoms with E-state index >= 15 is 0 Å². The Labute approximate surface area is 89.9 Å². The Bertz CT molecular complexity index is 110. The fourth-order valence-electron chi connectivity index (χ4n) is 1.90. The first kappa shape index (κ1) is 14.0. The summed E-state index contributed by atoms with van der Waals surface area (Å²) >= 11 is 0. The zero-order chi connectivity index (χ0) is 10.8. The van der Waals surface area contributed by atoms with Crippen molar-refractivity contribution in [2.24, 2.45) is 11.8 Å². The summed E-state index contributed by atoms with van der Waals surface area (Å²) in [5.41, 5.74) is 0. The summed E-state index contributed by atoms with van der Waals surface area (Å²) in [4.78, 5) is 0. The Hall–Kier alpha value is -0.0400.